The van der Waals surface area contributed by atoms with Crippen molar-refractivity contribution in [3.05, 3.63) is 60.2 Å². The summed E-state index contributed by atoms with van der Waals surface area (Å²) in [6, 6.07) is 18.1. The first-order valence-corrected chi connectivity index (χ1v) is 8.40. The van der Waals surface area contributed by atoms with Crippen LogP contribution in [0.5, 0.6) is 0 Å². The number of nitrogens with one attached hydrogen (secondary N) is 1. The van der Waals surface area contributed by atoms with Crippen molar-refractivity contribution in [1.29, 1.82) is 0 Å². The minimum atomic E-state index is 0.0200. The lowest BCUT2D eigenvalue weighted by Crippen LogP contribution is -2.84. The van der Waals surface area contributed by atoms with Gasteiger partial charge in [0.1, 0.15) is 6.54 Å². The zero-order valence-corrected chi connectivity index (χ0v) is 13.8. The normalized spacial score (nSPS) is 14.4. The number of carbonyl (C=O) groups is 1. The van der Waals surface area contributed by atoms with Crippen LogP contribution in [-0.2, 0) is 16.1 Å². The van der Waals surface area contributed by atoms with Gasteiger partial charge in [-0.2, -0.15) is 0 Å². The van der Waals surface area contributed by atoms with Crippen LogP contribution in [0.3, 0.4) is 0 Å². The first-order valence-electron chi connectivity index (χ1n) is 8.40. The Kier molecular flexibility index (Phi) is 5.82. The van der Waals surface area contributed by atoms with Crippen LogP contribution in [-0.4, -0.2) is 38.8 Å². The molecule has 1 heterocycles. The molecule has 1 aliphatic rings. The summed E-state index contributed by atoms with van der Waals surface area (Å²) in [5.74, 6) is 0.0200. The Morgan fingerprint density at radius 2 is 1.75 bits per heavy atom. The van der Waals surface area contributed by atoms with Crippen LogP contribution in [0, 0.1) is 0 Å². The molecular formula is C19H24N3O2+. The van der Waals surface area contributed by atoms with E-state index in [0.717, 1.165) is 44.2 Å². The SMILES string of the molecule is O=C(C[NH2+]Cc1ccccc1)Nc1ccccc1N1CCOCC1. The standard InChI is InChI=1S/C19H23N3O2/c23-19(15-20-14-16-6-2-1-3-7-16)21-17-8-4-5-9-18(17)22-10-12-24-13-11-22/h1-9,20H,10-15H2,(H,21,23)/p+1. The van der Waals surface area contributed by atoms with E-state index in [1.165, 1.54) is 5.56 Å². The first-order chi connectivity index (χ1) is 11.8. The maximum Gasteiger partial charge on any atom is 0.279 e. The highest BCUT2D eigenvalue weighted by atomic mass is 16.5. The maximum absolute atomic E-state index is 12.3. The Hall–Kier alpha value is -2.37. The van der Waals surface area contributed by atoms with Gasteiger partial charge >= 0.3 is 0 Å². The average Bonchev–Trinajstić information content (AvgIpc) is 2.64. The van der Waals surface area contributed by atoms with Gasteiger partial charge in [0.15, 0.2) is 6.54 Å². The van der Waals surface area contributed by atoms with Crippen LogP contribution in [0.15, 0.2) is 54.6 Å². The van der Waals surface area contributed by atoms with Gasteiger partial charge in [0.2, 0.25) is 0 Å². The molecule has 0 unspecified atom stereocenters. The molecule has 2 aromatic carbocycles. The molecule has 0 atom stereocenters. The lowest BCUT2D eigenvalue weighted by molar-refractivity contribution is -0.659. The highest BCUT2D eigenvalue weighted by Crippen LogP contribution is 2.26. The Balaban J connectivity index is 1.54. The van der Waals surface area contributed by atoms with Gasteiger partial charge in [0, 0.05) is 18.7 Å². The fourth-order valence-electron chi connectivity index (χ4n) is 2.84. The molecule has 126 valence electrons. The summed E-state index contributed by atoms with van der Waals surface area (Å²) in [7, 11) is 0. The van der Waals surface area contributed by atoms with Crippen molar-refractivity contribution in [1.82, 2.24) is 0 Å². The molecule has 1 fully saturated rings. The summed E-state index contributed by atoms with van der Waals surface area (Å²) in [4.78, 5) is 14.5. The Morgan fingerprint density at radius 1 is 1.04 bits per heavy atom. The molecule has 24 heavy (non-hydrogen) atoms. The first kappa shape index (κ1) is 16.5. The third-order valence-electron chi connectivity index (χ3n) is 4.08. The van der Waals surface area contributed by atoms with Gasteiger partial charge in [-0.05, 0) is 12.1 Å². The van der Waals surface area contributed by atoms with E-state index in [2.05, 4.69) is 28.4 Å². The van der Waals surface area contributed by atoms with Crippen LogP contribution >= 0.6 is 0 Å². The van der Waals surface area contributed by atoms with Crippen LogP contribution in [0.1, 0.15) is 5.56 Å². The number of para-hydroxylation sites is 2. The number of benzene rings is 2. The molecule has 0 aliphatic carbocycles. The number of anilines is 2. The average molecular weight is 326 g/mol. The van der Waals surface area contributed by atoms with E-state index in [0.29, 0.717) is 6.54 Å². The van der Waals surface area contributed by atoms with E-state index in [-0.39, 0.29) is 5.91 Å². The number of rotatable bonds is 6. The molecule has 5 heteroatoms. The van der Waals surface area contributed by atoms with Crippen molar-refractivity contribution in [3.63, 3.8) is 0 Å². The third-order valence-corrected chi connectivity index (χ3v) is 4.08. The predicted molar refractivity (Wildman–Crippen MR) is 95.0 cm³/mol. The second kappa shape index (κ2) is 8.47. The molecule has 0 aromatic heterocycles. The summed E-state index contributed by atoms with van der Waals surface area (Å²) in [6.45, 7) is 4.38. The van der Waals surface area contributed by atoms with E-state index in [1.807, 2.05) is 41.7 Å². The van der Waals surface area contributed by atoms with Crippen molar-refractivity contribution in [2.75, 3.05) is 43.1 Å². The predicted octanol–water partition coefficient (Wildman–Crippen LogP) is 1.23. The number of amides is 1. The van der Waals surface area contributed by atoms with Gasteiger partial charge in [-0.1, -0.05) is 42.5 Å². The minimum absolute atomic E-state index is 0.0200. The summed E-state index contributed by atoms with van der Waals surface area (Å²) in [5, 5.41) is 5.06. The van der Waals surface area contributed by atoms with Crippen molar-refractivity contribution >= 4 is 17.3 Å². The van der Waals surface area contributed by atoms with Crippen molar-refractivity contribution < 1.29 is 14.8 Å². The largest absolute Gasteiger partial charge is 0.378 e. The quantitative estimate of drug-likeness (QED) is 0.839. The summed E-state index contributed by atoms with van der Waals surface area (Å²) >= 11 is 0. The second-order valence-electron chi connectivity index (χ2n) is 5.85. The van der Waals surface area contributed by atoms with E-state index in [9.17, 15) is 4.79 Å². The smallest absolute Gasteiger partial charge is 0.279 e. The lowest BCUT2D eigenvalue weighted by atomic mass is 10.2. The van der Waals surface area contributed by atoms with Gasteiger partial charge in [-0.15, -0.1) is 0 Å². The molecule has 3 N–H and O–H groups in total. The Bertz CT molecular complexity index is 655. The van der Waals surface area contributed by atoms with Crippen LogP contribution < -0.4 is 15.5 Å². The van der Waals surface area contributed by atoms with Crippen molar-refractivity contribution in [2.24, 2.45) is 0 Å². The highest BCUT2D eigenvalue weighted by molar-refractivity contribution is 5.94. The molecule has 3 rings (SSSR count). The molecular weight excluding hydrogens is 302 g/mol. The van der Waals surface area contributed by atoms with Crippen LogP contribution in [0.2, 0.25) is 0 Å². The molecule has 0 bridgehead atoms. The van der Waals surface area contributed by atoms with Gasteiger partial charge in [-0.3, -0.25) is 4.79 Å². The fourth-order valence-corrected chi connectivity index (χ4v) is 2.84. The minimum Gasteiger partial charge on any atom is -0.378 e. The van der Waals surface area contributed by atoms with E-state index < -0.39 is 0 Å². The number of morpholine rings is 1. The number of nitrogens with two attached hydrogens (primary N) is 1. The molecule has 0 saturated carbocycles. The van der Waals surface area contributed by atoms with E-state index in [4.69, 9.17) is 4.74 Å². The molecule has 0 radical (unpaired) electrons. The number of hydrogen-bond acceptors (Lipinski definition) is 3. The number of quaternary nitrogens is 1. The van der Waals surface area contributed by atoms with Gasteiger partial charge in [-0.25, -0.2) is 0 Å². The second-order valence-corrected chi connectivity index (χ2v) is 5.85. The van der Waals surface area contributed by atoms with E-state index >= 15 is 0 Å². The highest BCUT2D eigenvalue weighted by Gasteiger charge is 2.16. The zero-order chi connectivity index (χ0) is 16.6. The summed E-state index contributed by atoms with van der Waals surface area (Å²) in [6.07, 6.45) is 0. The van der Waals surface area contributed by atoms with Crippen LogP contribution in [0.25, 0.3) is 0 Å². The summed E-state index contributed by atoms with van der Waals surface area (Å²) in [5.41, 5.74) is 3.16. The fraction of sp³-hybridized carbons (Fsp3) is 0.316. The van der Waals surface area contributed by atoms with E-state index in [1.54, 1.807) is 0 Å². The van der Waals surface area contributed by atoms with Crippen LogP contribution in [0.4, 0.5) is 11.4 Å². The van der Waals surface area contributed by atoms with Crippen molar-refractivity contribution in [3.8, 4) is 0 Å². The molecule has 1 saturated heterocycles. The van der Waals surface area contributed by atoms with Gasteiger partial charge < -0.3 is 20.3 Å². The van der Waals surface area contributed by atoms with Gasteiger partial charge in [0.05, 0.1) is 24.6 Å². The molecule has 0 spiro atoms. The molecule has 2 aromatic rings. The number of carbonyl (C=O) groups excluding carboxylic acids is 1. The Labute approximate surface area is 142 Å². The summed E-state index contributed by atoms with van der Waals surface area (Å²) < 4.78 is 5.40. The topological polar surface area (TPSA) is 58.2 Å². The number of ether oxygens (including phenoxy) is 1. The van der Waals surface area contributed by atoms with Crippen molar-refractivity contribution in [2.45, 2.75) is 6.54 Å². The number of nitrogens with zero attached hydrogens (tertiary/aromatic N) is 1. The molecule has 1 aliphatic heterocycles. The number of hydrogen-bond donors (Lipinski definition) is 2. The maximum atomic E-state index is 12.3. The molecule has 5 nitrogen and oxygen atoms in total. The zero-order valence-electron chi connectivity index (χ0n) is 13.8. The Morgan fingerprint density at radius 3 is 2.54 bits per heavy atom. The molecule has 1 amide bonds. The lowest BCUT2D eigenvalue weighted by Gasteiger charge is -2.30. The third kappa shape index (κ3) is 4.57. The van der Waals surface area contributed by atoms with Gasteiger partial charge in [0.25, 0.3) is 5.91 Å². The monoisotopic (exact) mass is 326 g/mol.